The van der Waals surface area contributed by atoms with Crippen molar-refractivity contribution in [2.45, 2.75) is 63.6 Å². The first-order valence-electron chi connectivity index (χ1n) is 11.2. The summed E-state index contributed by atoms with van der Waals surface area (Å²) >= 11 is 0. The summed E-state index contributed by atoms with van der Waals surface area (Å²) in [6.07, 6.45) is 5.53. The molecule has 1 aromatic rings. The second kappa shape index (κ2) is 11.6. The first kappa shape index (κ1) is 26.8. The van der Waals surface area contributed by atoms with E-state index in [0.29, 0.717) is 38.0 Å². The summed E-state index contributed by atoms with van der Waals surface area (Å²) in [5, 5.41) is 2.70. The highest BCUT2D eigenvalue weighted by Crippen LogP contribution is 2.20. The van der Waals surface area contributed by atoms with Gasteiger partial charge in [-0.2, -0.15) is 0 Å². The average Bonchev–Trinajstić information content (AvgIpc) is 3.47. The molecular weight excluding hydrogens is 446 g/mol. The lowest BCUT2D eigenvalue weighted by atomic mass is 10.0. The number of aromatic nitrogens is 2. The van der Waals surface area contributed by atoms with Gasteiger partial charge in [-0.1, -0.05) is 13.3 Å². The highest BCUT2D eigenvalue weighted by atomic mass is 16.2. The maximum Gasteiger partial charge on any atom is 0.327 e. The van der Waals surface area contributed by atoms with E-state index in [1.807, 2.05) is 6.92 Å². The Labute approximate surface area is 197 Å². The van der Waals surface area contributed by atoms with Crippen LogP contribution in [0.5, 0.6) is 0 Å². The molecule has 0 saturated carbocycles. The number of carbonyl (C=O) groups is 5. The molecule has 0 aromatic carbocycles. The van der Waals surface area contributed by atoms with Crippen molar-refractivity contribution in [3.63, 3.8) is 0 Å². The monoisotopic (exact) mass is 479 g/mol. The normalized spacial score (nSPS) is 21.3. The van der Waals surface area contributed by atoms with E-state index in [9.17, 15) is 24.0 Å². The Balaban J connectivity index is 0.00000408. The van der Waals surface area contributed by atoms with Gasteiger partial charge in [-0.05, 0) is 19.3 Å². The average molecular weight is 480 g/mol. The fourth-order valence-electron chi connectivity index (χ4n) is 4.26. The van der Waals surface area contributed by atoms with Crippen LogP contribution >= 0.6 is 0 Å². The van der Waals surface area contributed by atoms with E-state index >= 15 is 0 Å². The Bertz CT molecular complexity index is 905. The Morgan fingerprint density at radius 3 is 2.65 bits per heavy atom. The highest BCUT2D eigenvalue weighted by molar-refractivity contribution is 6.03. The van der Waals surface area contributed by atoms with Crippen molar-refractivity contribution in [3.8, 4) is 0 Å². The second-order valence-electron chi connectivity index (χ2n) is 8.45. The summed E-state index contributed by atoms with van der Waals surface area (Å²) < 4.78 is 0. The Morgan fingerprint density at radius 1 is 1.29 bits per heavy atom. The highest BCUT2D eigenvalue weighted by Gasteiger charge is 2.42. The maximum absolute atomic E-state index is 13.3. The minimum absolute atomic E-state index is 0. The molecular formula is C21H33N7O6. The lowest BCUT2D eigenvalue weighted by molar-refractivity contribution is -0.142. The number of carbonyl (C=O) groups excluding carboxylic acids is 5. The van der Waals surface area contributed by atoms with Crippen LogP contribution < -0.4 is 11.1 Å². The van der Waals surface area contributed by atoms with Crippen molar-refractivity contribution in [1.29, 1.82) is 0 Å². The molecule has 2 aliphatic heterocycles. The van der Waals surface area contributed by atoms with Gasteiger partial charge in [0.1, 0.15) is 18.1 Å². The number of hydrogen-bond donors (Lipinski definition) is 3. The number of rotatable bonds is 9. The SMILES string of the molecule is CCCCN1C(=O)C[C@H](C(=O)N[C@@H](Cc2cnc[nH]2)C(=O)N2CCC[C@H]2C(N)=O)N(C)C1=O.O. The van der Waals surface area contributed by atoms with Crippen molar-refractivity contribution in [2.24, 2.45) is 5.73 Å². The van der Waals surface area contributed by atoms with E-state index < -0.39 is 47.8 Å². The Hall–Kier alpha value is -3.48. The molecule has 1 aromatic heterocycles. The summed E-state index contributed by atoms with van der Waals surface area (Å²) in [7, 11) is 1.47. The molecule has 188 valence electrons. The van der Waals surface area contributed by atoms with Crippen LogP contribution in [-0.4, -0.2) is 98.1 Å². The number of likely N-dealkylation sites (N-methyl/N-ethyl adjacent to an activating group) is 1. The zero-order valence-electron chi connectivity index (χ0n) is 19.5. The summed E-state index contributed by atoms with van der Waals surface area (Å²) in [6, 6.07) is -3.32. The Kier molecular flexibility index (Phi) is 9.12. The Morgan fingerprint density at radius 2 is 2.03 bits per heavy atom. The van der Waals surface area contributed by atoms with E-state index in [-0.39, 0.29) is 18.3 Å². The second-order valence-corrected chi connectivity index (χ2v) is 8.45. The van der Waals surface area contributed by atoms with Crippen LogP contribution in [0.3, 0.4) is 0 Å². The molecule has 3 rings (SSSR count). The standard InChI is InChI=1S/C21H31N7O5.H2O/c1-3-4-7-28-17(29)10-16(26(2)21(28)33)19(31)25-14(9-13-11-23-12-24-13)20(32)27-8-5-6-15(27)18(22)30;/h11-12,14-16H,3-10H2,1-2H3,(H2,22,30)(H,23,24)(H,25,31);1H2/t14-,15-,16+;/m0./s1. The van der Waals surface area contributed by atoms with E-state index in [2.05, 4.69) is 15.3 Å². The number of H-pyrrole nitrogens is 1. The number of primary amides is 1. The van der Waals surface area contributed by atoms with Crippen molar-refractivity contribution >= 4 is 29.7 Å². The first-order valence-corrected chi connectivity index (χ1v) is 11.2. The van der Waals surface area contributed by atoms with Crippen molar-refractivity contribution in [1.82, 2.24) is 30.0 Å². The molecule has 0 unspecified atom stereocenters. The molecule has 6 amide bonds. The predicted molar refractivity (Wildman–Crippen MR) is 120 cm³/mol. The molecule has 2 aliphatic rings. The largest absolute Gasteiger partial charge is 0.412 e. The van der Waals surface area contributed by atoms with Gasteiger partial charge in [-0.15, -0.1) is 0 Å². The summed E-state index contributed by atoms with van der Waals surface area (Å²) in [5.74, 6) is -2.07. The third-order valence-electron chi connectivity index (χ3n) is 6.16. The molecule has 0 spiro atoms. The molecule has 13 heteroatoms. The number of nitrogens with zero attached hydrogens (tertiary/aromatic N) is 4. The first-order chi connectivity index (χ1) is 15.7. The van der Waals surface area contributed by atoms with Crippen LogP contribution in [0.4, 0.5) is 4.79 Å². The topological polar surface area (TPSA) is 193 Å². The molecule has 2 saturated heterocycles. The van der Waals surface area contributed by atoms with Crippen molar-refractivity contribution in [3.05, 3.63) is 18.2 Å². The van der Waals surface area contributed by atoms with Gasteiger partial charge in [-0.3, -0.25) is 24.1 Å². The van der Waals surface area contributed by atoms with Gasteiger partial charge in [0.15, 0.2) is 0 Å². The zero-order chi connectivity index (χ0) is 24.1. The van der Waals surface area contributed by atoms with E-state index in [0.717, 1.165) is 11.3 Å². The molecule has 3 atom stereocenters. The van der Waals surface area contributed by atoms with Crippen LogP contribution in [0.15, 0.2) is 12.5 Å². The van der Waals surface area contributed by atoms with Crippen molar-refractivity contribution < 1.29 is 29.4 Å². The number of hydrogen-bond acceptors (Lipinski definition) is 6. The summed E-state index contributed by atoms with van der Waals surface area (Å²) in [5.41, 5.74) is 6.06. The molecule has 3 heterocycles. The smallest absolute Gasteiger partial charge is 0.327 e. The number of urea groups is 1. The van der Waals surface area contributed by atoms with E-state index in [1.165, 1.54) is 29.4 Å². The maximum atomic E-state index is 13.3. The van der Waals surface area contributed by atoms with Crippen LogP contribution in [0.2, 0.25) is 0 Å². The molecule has 0 bridgehead atoms. The fourth-order valence-corrected chi connectivity index (χ4v) is 4.26. The minimum atomic E-state index is -1.04. The van der Waals surface area contributed by atoms with Crippen molar-refractivity contribution in [2.75, 3.05) is 20.1 Å². The van der Waals surface area contributed by atoms with E-state index in [4.69, 9.17) is 5.73 Å². The van der Waals surface area contributed by atoms with Crippen LogP contribution in [0, 0.1) is 0 Å². The summed E-state index contributed by atoms with van der Waals surface area (Å²) in [4.78, 5) is 74.0. The number of unbranched alkanes of at least 4 members (excludes halogenated alkanes) is 1. The van der Waals surface area contributed by atoms with Gasteiger partial charge in [-0.25, -0.2) is 9.78 Å². The predicted octanol–water partition coefficient (Wildman–Crippen LogP) is -1.46. The number of imidazole rings is 1. The van der Waals surface area contributed by atoms with Crippen LogP contribution in [0.1, 0.15) is 44.7 Å². The fraction of sp³-hybridized carbons (Fsp3) is 0.619. The van der Waals surface area contributed by atoms with Gasteiger partial charge < -0.3 is 31.3 Å². The number of aromatic amines is 1. The summed E-state index contributed by atoms with van der Waals surface area (Å²) in [6.45, 7) is 2.62. The van der Waals surface area contributed by atoms with Gasteiger partial charge in [0.25, 0.3) is 0 Å². The molecule has 34 heavy (non-hydrogen) atoms. The lowest BCUT2D eigenvalue weighted by Gasteiger charge is -2.38. The van der Waals surface area contributed by atoms with Crippen LogP contribution in [0.25, 0.3) is 0 Å². The number of amides is 6. The van der Waals surface area contributed by atoms with Gasteiger partial charge >= 0.3 is 6.03 Å². The number of nitrogens with one attached hydrogen (secondary N) is 2. The number of likely N-dealkylation sites (tertiary alicyclic amines) is 1. The molecule has 6 N–H and O–H groups in total. The molecule has 2 fully saturated rings. The molecule has 0 radical (unpaired) electrons. The quantitative estimate of drug-likeness (QED) is 0.387. The van der Waals surface area contributed by atoms with Gasteiger partial charge in [0.2, 0.25) is 23.6 Å². The van der Waals surface area contributed by atoms with Gasteiger partial charge in [0, 0.05) is 38.4 Å². The molecule has 13 nitrogen and oxygen atoms in total. The minimum Gasteiger partial charge on any atom is -0.412 e. The number of nitrogens with two attached hydrogens (primary N) is 1. The zero-order valence-corrected chi connectivity index (χ0v) is 19.5. The third kappa shape index (κ3) is 5.71. The lowest BCUT2D eigenvalue weighted by Crippen LogP contribution is -2.62. The van der Waals surface area contributed by atoms with Gasteiger partial charge in [0.05, 0.1) is 12.7 Å². The van der Waals surface area contributed by atoms with E-state index in [1.54, 1.807) is 0 Å². The third-order valence-corrected chi connectivity index (χ3v) is 6.16. The number of imide groups is 1. The molecule has 0 aliphatic carbocycles. The van der Waals surface area contributed by atoms with Crippen LogP contribution in [-0.2, 0) is 25.6 Å².